The molecule has 2 amide bonds. The summed E-state index contributed by atoms with van der Waals surface area (Å²) in [7, 11) is 1.48. The van der Waals surface area contributed by atoms with E-state index in [1.54, 1.807) is 0 Å². The van der Waals surface area contributed by atoms with Gasteiger partial charge in [0.25, 0.3) is 5.91 Å². The van der Waals surface area contributed by atoms with Gasteiger partial charge in [0.15, 0.2) is 0 Å². The highest BCUT2D eigenvalue weighted by molar-refractivity contribution is 5.92. The van der Waals surface area contributed by atoms with Crippen LogP contribution in [-0.4, -0.2) is 37.7 Å². The highest BCUT2D eigenvalue weighted by Crippen LogP contribution is 2.41. The lowest BCUT2D eigenvalue weighted by Gasteiger charge is -2.13. The monoisotopic (exact) mass is 305 g/mol. The lowest BCUT2D eigenvalue weighted by molar-refractivity contribution is -0.136. The zero-order chi connectivity index (χ0) is 16.0. The number of ether oxygens (including phenoxy) is 1. The molecule has 22 heavy (non-hydrogen) atoms. The second-order valence-corrected chi connectivity index (χ2v) is 5.31. The highest BCUT2D eigenvalue weighted by atomic mass is 16.5. The van der Waals surface area contributed by atoms with Gasteiger partial charge in [0.1, 0.15) is 0 Å². The molecule has 1 aromatic carbocycles. The van der Waals surface area contributed by atoms with Crippen LogP contribution in [0.3, 0.4) is 0 Å². The molecule has 2 rings (SSSR count). The Morgan fingerprint density at radius 3 is 2.64 bits per heavy atom. The molecule has 1 fully saturated rings. The molecule has 0 radical (unpaired) electrons. The fourth-order valence-electron chi connectivity index (χ4n) is 2.36. The zero-order valence-corrected chi connectivity index (χ0v) is 13.0. The van der Waals surface area contributed by atoms with Gasteiger partial charge in [-0.1, -0.05) is 43.7 Å². The Bertz CT molecular complexity index is 521. The molecule has 2 atom stereocenters. The van der Waals surface area contributed by atoms with Crippen molar-refractivity contribution in [2.24, 2.45) is 0 Å². The summed E-state index contributed by atoms with van der Waals surface area (Å²) in [4.78, 5) is 23.9. The molecule has 6 nitrogen and oxygen atoms in total. The smallest absolute Gasteiger partial charge is 0.270 e. The number of rotatable bonds is 8. The van der Waals surface area contributed by atoms with Crippen LogP contribution in [0.4, 0.5) is 0 Å². The maximum absolute atomic E-state index is 12.3. The third-order valence-electron chi connectivity index (χ3n) is 3.74. The van der Waals surface area contributed by atoms with Gasteiger partial charge in [0.2, 0.25) is 11.6 Å². The zero-order valence-electron chi connectivity index (χ0n) is 13.0. The summed E-state index contributed by atoms with van der Waals surface area (Å²) in [5.74, 6) is -0.514. The van der Waals surface area contributed by atoms with Crippen LogP contribution in [0.2, 0.25) is 0 Å². The van der Waals surface area contributed by atoms with Gasteiger partial charge in [-0.05, 0) is 12.0 Å². The Hall–Kier alpha value is -1.92. The number of amides is 2. The van der Waals surface area contributed by atoms with Crippen LogP contribution >= 0.6 is 0 Å². The van der Waals surface area contributed by atoms with Gasteiger partial charge < -0.3 is 15.4 Å². The van der Waals surface area contributed by atoms with E-state index in [-0.39, 0.29) is 24.4 Å². The largest absolute Gasteiger partial charge is 0.355 e. The summed E-state index contributed by atoms with van der Waals surface area (Å²) >= 11 is 0. The molecule has 120 valence electrons. The molecule has 1 aliphatic rings. The predicted molar refractivity (Wildman–Crippen MR) is 83.0 cm³/mol. The van der Waals surface area contributed by atoms with Gasteiger partial charge in [-0.3, -0.25) is 14.9 Å². The van der Waals surface area contributed by atoms with E-state index < -0.39 is 5.72 Å². The Kier molecular flexibility index (Phi) is 5.51. The van der Waals surface area contributed by atoms with E-state index >= 15 is 0 Å². The minimum absolute atomic E-state index is 0.0448. The van der Waals surface area contributed by atoms with Crippen LogP contribution in [0.25, 0.3) is 0 Å². The van der Waals surface area contributed by atoms with E-state index in [9.17, 15) is 9.59 Å². The number of nitrogens with one attached hydrogen (secondary N) is 3. The molecule has 0 spiro atoms. The quantitative estimate of drug-likeness (QED) is 0.487. The summed E-state index contributed by atoms with van der Waals surface area (Å²) in [6.45, 7) is 2.64. The van der Waals surface area contributed by atoms with Gasteiger partial charge in [0.05, 0.1) is 12.6 Å². The van der Waals surface area contributed by atoms with Crippen molar-refractivity contribution >= 4 is 11.8 Å². The minimum Gasteiger partial charge on any atom is -0.355 e. The molecule has 0 unspecified atom stereocenters. The van der Waals surface area contributed by atoms with E-state index in [2.05, 4.69) is 22.9 Å². The number of hydrogen-bond donors (Lipinski definition) is 3. The number of unbranched alkanes of at least 4 members (excludes halogenated alkanes) is 1. The number of methoxy groups -OCH3 is 1. The summed E-state index contributed by atoms with van der Waals surface area (Å²) in [5.41, 5.74) is -0.0997. The first-order valence-corrected chi connectivity index (χ1v) is 7.57. The summed E-state index contributed by atoms with van der Waals surface area (Å²) in [6, 6.07) is 9.42. The maximum atomic E-state index is 12.3. The van der Waals surface area contributed by atoms with Crippen molar-refractivity contribution in [2.45, 2.75) is 31.5 Å². The number of carbonyl (C=O) groups excluding carboxylic acids is 2. The van der Waals surface area contributed by atoms with Crippen LogP contribution in [0.5, 0.6) is 0 Å². The second-order valence-electron chi connectivity index (χ2n) is 5.31. The second kappa shape index (κ2) is 7.38. The summed E-state index contributed by atoms with van der Waals surface area (Å²) in [6.07, 6.45) is 1.95. The van der Waals surface area contributed by atoms with Crippen molar-refractivity contribution in [2.75, 3.05) is 20.2 Å². The van der Waals surface area contributed by atoms with Gasteiger partial charge in [0, 0.05) is 13.7 Å². The molecule has 6 heteroatoms. The van der Waals surface area contributed by atoms with Crippen LogP contribution < -0.4 is 16.0 Å². The molecule has 1 aromatic rings. The van der Waals surface area contributed by atoms with Crippen LogP contribution in [-0.2, 0) is 14.3 Å². The first-order valence-electron chi connectivity index (χ1n) is 7.57. The van der Waals surface area contributed by atoms with E-state index in [0.717, 1.165) is 18.4 Å². The molecule has 0 bridgehead atoms. The van der Waals surface area contributed by atoms with Crippen molar-refractivity contribution in [3.05, 3.63) is 35.9 Å². The van der Waals surface area contributed by atoms with Gasteiger partial charge in [-0.2, -0.15) is 0 Å². The minimum atomic E-state index is -1.08. The molecule has 0 aliphatic carbocycles. The Morgan fingerprint density at radius 1 is 1.27 bits per heavy atom. The standard InChI is InChI=1S/C16H23N3O3/c1-3-4-10-17-13(20)11-18-15(21)16(22-2)14(19-16)12-8-6-5-7-9-12/h5-9,14,19H,3-4,10-11H2,1-2H3,(H,17,20)(H,18,21)/t14-,16+/m0/s1. The van der Waals surface area contributed by atoms with Gasteiger partial charge in [-0.15, -0.1) is 0 Å². The van der Waals surface area contributed by atoms with E-state index in [1.807, 2.05) is 30.3 Å². The highest BCUT2D eigenvalue weighted by Gasteiger charge is 2.61. The fourth-order valence-corrected chi connectivity index (χ4v) is 2.36. The molecular formula is C16H23N3O3. The van der Waals surface area contributed by atoms with E-state index in [4.69, 9.17) is 4.74 Å². The molecule has 0 saturated carbocycles. The van der Waals surface area contributed by atoms with E-state index in [0.29, 0.717) is 6.54 Å². The van der Waals surface area contributed by atoms with E-state index in [1.165, 1.54) is 7.11 Å². The molecule has 1 heterocycles. The van der Waals surface area contributed by atoms with Crippen LogP contribution in [0.15, 0.2) is 30.3 Å². The van der Waals surface area contributed by atoms with Crippen molar-refractivity contribution in [3.8, 4) is 0 Å². The Labute approximate surface area is 130 Å². The average Bonchev–Trinajstić information content (AvgIpc) is 3.30. The van der Waals surface area contributed by atoms with Crippen molar-refractivity contribution in [1.82, 2.24) is 16.0 Å². The number of hydrogen-bond acceptors (Lipinski definition) is 4. The summed E-state index contributed by atoms with van der Waals surface area (Å²) in [5, 5.41) is 8.44. The van der Waals surface area contributed by atoms with Gasteiger partial charge >= 0.3 is 0 Å². The predicted octanol–water partition coefficient (Wildman–Crippen LogP) is 0.706. The molecule has 1 saturated heterocycles. The lowest BCUT2D eigenvalue weighted by Crippen LogP contribution is -2.45. The first-order chi connectivity index (χ1) is 10.6. The molecular weight excluding hydrogens is 282 g/mol. The average molecular weight is 305 g/mol. The Morgan fingerprint density at radius 2 is 2.00 bits per heavy atom. The molecule has 1 aliphatic heterocycles. The normalized spacial score (nSPS) is 22.9. The van der Waals surface area contributed by atoms with Crippen molar-refractivity contribution in [1.29, 1.82) is 0 Å². The van der Waals surface area contributed by atoms with Crippen molar-refractivity contribution in [3.63, 3.8) is 0 Å². The van der Waals surface area contributed by atoms with Crippen LogP contribution in [0, 0.1) is 0 Å². The lowest BCUT2D eigenvalue weighted by atomic mass is 10.1. The van der Waals surface area contributed by atoms with Gasteiger partial charge in [-0.25, -0.2) is 0 Å². The maximum Gasteiger partial charge on any atom is 0.270 e. The third kappa shape index (κ3) is 3.64. The molecule has 0 aromatic heterocycles. The SMILES string of the molecule is CCCCNC(=O)CNC(=O)[C@@]1(OC)N[C@H]1c1ccccc1. The fraction of sp³-hybridized carbons (Fsp3) is 0.500. The number of carbonyl (C=O) groups is 2. The van der Waals surface area contributed by atoms with Crippen LogP contribution in [0.1, 0.15) is 31.4 Å². The third-order valence-corrected chi connectivity index (χ3v) is 3.74. The summed E-state index contributed by atoms with van der Waals surface area (Å²) < 4.78 is 5.35. The Balaban J connectivity index is 1.85. The first kappa shape index (κ1) is 16.5. The topological polar surface area (TPSA) is 89.4 Å². The molecule has 3 N–H and O–H groups in total. The van der Waals surface area contributed by atoms with Crippen molar-refractivity contribution < 1.29 is 14.3 Å². The number of benzene rings is 1.